The number of ether oxygens (including phenoxy) is 1. The third-order valence-electron chi connectivity index (χ3n) is 4.09. The minimum Gasteiger partial charge on any atom is -0.495 e. The number of halogens is 2. The predicted molar refractivity (Wildman–Crippen MR) is 91.9 cm³/mol. The Morgan fingerprint density at radius 2 is 1.79 bits per heavy atom. The molecule has 0 atom stereocenters. The molecule has 3 rings (SSSR count). The van der Waals surface area contributed by atoms with E-state index in [0.717, 1.165) is 42.9 Å². The van der Waals surface area contributed by atoms with Gasteiger partial charge in [0.05, 0.1) is 17.8 Å². The van der Waals surface area contributed by atoms with Gasteiger partial charge in [0.15, 0.2) is 0 Å². The van der Waals surface area contributed by atoms with Crippen LogP contribution in [0.2, 0.25) is 5.02 Å². The SMILES string of the molecule is COc1cc2c(cc1S(=O)(=O)Nc1ccc(F)c(Cl)c1)CCCC2. The van der Waals surface area contributed by atoms with E-state index in [9.17, 15) is 12.8 Å². The third kappa shape index (κ3) is 3.35. The van der Waals surface area contributed by atoms with Crippen molar-refractivity contribution >= 4 is 27.3 Å². The van der Waals surface area contributed by atoms with Crippen LogP contribution < -0.4 is 9.46 Å². The van der Waals surface area contributed by atoms with E-state index in [2.05, 4.69) is 4.72 Å². The van der Waals surface area contributed by atoms with E-state index in [-0.39, 0.29) is 15.6 Å². The number of aryl methyl sites for hydroxylation is 2. The van der Waals surface area contributed by atoms with E-state index in [4.69, 9.17) is 16.3 Å². The molecule has 1 N–H and O–H groups in total. The molecule has 7 heteroatoms. The molecule has 2 aromatic carbocycles. The standard InChI is InChI=1S/C17H17ClFNO3S/c1-23-16-8-11-4-2-3-5-12(11)9-17(16)24(21,22)20-13-6-7-15(19)14(18)10-13/h6-10,20H,2-5H2,1H3. The van der Waals surface area contributed by atoms with Gasteiger partial charge in [-0.15, -0.1) is 0 Å². The number of methoxy groups -OCH3 is 1. The highest BCUT2D eigenvalue weighted by atomic mass is 35.5. The Kier molecular flexibility index (Phi) is 4.69. The van der Waals surface area contributed by atoms with Gasteiger partial charge in [0.1, 0.15) is 16.5 Å². The number of hydrogen-bond acceptors (Lipinski definition) is 3. The van der Waals surface area contributed by atoms with Crippen LogP contribution in [0.1, 0.15) is 24.0 Å². The van der Waals surface area contributed by atoms with E-state index in [0.29, 0.717) is 5.75 Å². The zero-order valence-corrected chi connectivity index (χ0v) is 14.7. The molecule has 128 valence electrons. The molecule has 0 spiro atoms. The van der Waals surface area contributed by atoms with Crippen LogP contribution in [0.5, 0.6) is 5.75 Å². The van der Waals surface area contributed by atoms with Crippen molar-refractivity contribution in [2.24, 2.45) is 0 Å². The second-order valence-corrected chi connectivity index (χ2v) is 7.77. The van der Waals surface area contributed by atoms with Crippen LogP contribution in [0.4, 0.5) is 10.1 Å². The van der Waals surface area contributed by atoms with Gasteiger partial charge < -0.3 is 4.74 Å². The molecule has 1 aliphatic rings. The van der Waals surface area contributed by atoms with E-state index < -0.39 is 15.8 Å². The summed E-state index contributed by atoms with van der Waals surface area (Å²) in [5.74, 6) is -0.303. The predicted octanol–water partition coefficient (Wildman–Crippen LogP) is 4.17. The number of hydrogen-bond donors (Lipinski definition) is 1. The highest BCUT2D eigenvalue weighted by molar-refractivity contribution is 7.92. The molecular weight excluding hydrogens is 353 g/mol. The van der Waals surface area contributed by atoms with Gasteiger partial charge in [-0.3, -0.25) is 4.72 Å². The van der Waals surface area contributed by atoms with Crippen LogP contribution in [0, 0.1) is 5.82 Å². The van der Waals surface area contributed by atoms with Crippen LogP contribution in [0.15, 0.2) is 35.2 Å². The zero-order chi connectivity index (χ0) is 17.3. The monoisotopic (exact) mass is 369 g/mol. The van der Waals surface area contributed by atoms with Crippen molar-refractivity contribution in [1.82, 2.24) is 0 Å². The van der Waals surface area contributed by atoms with Gasteiger partial charge in [0.25, 0.3) is 10.0 Å². The molecule has 0 fully saturated rings. The average molecular weight is 370 g/mol. The number of rotatable bonds is 4. The Hall–Kier alpha value is -1.79. The molecule has 0 radical (unpaired) electrons. The summed E-state index contributed by atoms with van der Waals surface area (Å²) in [5.41, 5.74) is 2.35. The molecule has 0 saturated carbocycles. The molecule has 0 bridgehead atoms. The van der Waals surface area contributed by atoms with Gasteiger partial charge in [-0.1, -0.05) is 11.6 Å². The largest absolute Gasteiger partial charge is 0.495 e. The van der Waals surface area contributed by atoms with E-state index in [1.165, 1.54) is 19.2 Å². The molecule has 0 aliphatic heterocycles. The van der Waals surface area contributed by atoms with Gasteiger partial charge in [-0.25, -0.2) is 12.8 Å². The van der Waals surface area contributed by atoms with Crippen molar-refractivity contribution in [1.29, 1.82) is 0 Å². The Morgan fingerprint density at radius 3 is 2.42 bits per heavy atom. The van der Waals surface area contributed by atoms with Crippen LogP contribution in [-0.4, -0.2) is 15.5 Å². The summed E-state index contributed by atoms with van der Waals surface area (Å²) in [7, 11) is -2.43. The fourth-order valence-electron chi connectivity index (χ4n) is 2.88. The number of nitrogens with one attached hydrogen (secondary N) is 1. The summed E-state index contributed by atoms with van der Waals surface area (Å²) in [6.07, 6.45) is 3.91. The lowest BCUT2D eigenvalue weighted by atomic mass is 9.92. The highest BCUT2D eigenvalue weighted by Gasteiger charge is 2.23. The Balaban J connectivity index is 2.00. The molecule has 0 aromatic heterocycles. The van der Waals surface area contributed by atoms with Crippen molar-refractivity contribution in [2.75, 3.05) is 11.8 Å². The number of sulfonamides is 1. The second kappa shape index (κ2) is 6.61. The number of fused-ring (bicyclic) bond motifs is 1. The fraction of sp³-hybridized carbons (Fsp3) is 0.294. The second-order valence-electron chi connectivity index (χ2n) is 5.71. The minimum atomic E-state index is -3.88. The zero-order valence-electron chi connectivity index (χ0n) is 13.1. The summed E-state index contributed by atoms with van der Waals surface area (Å²) in [6, 6.07) is 7.13. The quantitative estimate of drug-likeness (QED) is 0.880. The average Bonchev–Trinajstić information content (AvgIpc) is 2.56. The van der Waals surface area contributed by atoms with Crippen molar-refractivity contribution in [3.8, 4) is 5.75 Å². The first-order valence-electron chi connectivity index (χ1n) is 7.58. The van der Waals surface area contributed by atoms with E-state index >= 15 is 0 Å². The van der Waals surface area contributed by atoms with E-state index in [1.807, 2.05) is 0 Å². The number of anilines is 1. The first kappa shape index (κ1) is 17.0. The third-order valence-corrected chi connectivity index (χ3v) is 5.78. The summed E-state index contributed by atoms with van der Waals surface area (Å²) in [5, 5.41) is -0.146. The van der Waals surface area contributed by atoms with Crippen LogP contribution >= 0.6 is 11.6 Å². The molecule has 0 heterocycles. The van der Waals surface area contributed by atoms with Gasteiger partial charge in [0, 0.05) is 0 Å². The summed E-state index contributed by atoms with van der Waals surface area (Å²) < 4.78 is 46.4. The van der Waals surface area contributed by atoms with Crippen molar-refractivity contribution in [2.45, 2.75) is 30.6 Å². The van der Waals surface area contributed by atoms with Gasteiger partial charge in [0.2, 0.25) is 0 Å². The normalized spacial score (nSPS) is 14.1. The fourth-order valence-corrected chi connectivity index (χ4v) is 4.31. The smallest absolute Gasteiger partial charge is 0.265 e. The summed E-state index contributed by atoms with van der Waals surface area (Å²) in [6.45, 7) is 0. The van der Waals surface area contributed by atoms with Crippen molar-refractivity contribution in [3.05, 3.63) is 52.3 Å². The summed E-state index contributed by atoms with van der Waals surface area (Å²) >= 11 is 5.71. The lowest BCUT2D eigenvalue weighted by Gasteiger charge is -2.19. The van der Waals surface area contributed by atoms with Crippen LogP contribution in [0.3, 0.4) is 0 Å². The topological polar surface area (TPSA) is 55.4 Å². The van der Waals surface area contributed by atoms with Gasteiger partial charge in [-0.2, -0.15) is 0 Å². The lowest BCUT2D eigenvalue weighted by Crippen LogP contribution is -2.16. The first-order chi connectivity index (χ1) is 11.4. The molecule has 24 heavy (non-hydrogen) atoms. The van der Waals surface area contributed by atoms with E-state index in [1.54, 1.807) is 12.1 Å². The Bertz CT molecular complexity index is 884. The van der Waals surface area contributed by atoms with Gasteiger partial charge in [-0.05, 0) is 67.1 Å². The number of benzene rings is 2. The lowest BCUT2D eigenvalue weighted by molar-refractivity contribution is 0.401. The Morgan fingerprint density at radius 1 is 1.12 bits per heavy atom. The van der Waals surface area contributed by atoms with Gasteiger partial charge >= 0.3 is 0 Å². The van der Waals surface area contributed by atoms with Crippen molar-refractivity contribution < 1.29 is 17.5 Å². The maximum atomic E-state index is 13.2. The molecule has 2 aromatic rings. The minimum absolute atomic E-state index is 0.0751. The summed E-state index contributed by atoms with van der Waals surface area (Å²) in [4.78, 5) is 0.0751. The molecule has 4 nitrogen and oxygen atoms in total. The molecule has 0 saturated heterocycles. The first-order valence-corrected chi connectivity index (χ1v) is 9.44. The molecular formula is C17H17ClFNO3S. The molecule has 1 aliphatic carbocycles. The Labute approximate surface area is 145 Å². The maximum Gasteiger partial charge on any atom is 0.265 e. The van der Waals surface area contributed by atoms with Crippen molar-refractivity contribution in [3.63, 3.8) is 0 Å². The van der Waals surface area contributed by atoms with Crippen LogP contribution in [0.25, 0.3) is 0 Å². The molecule has 0 amide bonds. The highest BCUT2D eigenvalue weighted by Crippen LogP contribution is 2.33. The molecule has 0 unspecified atom stereocenters. The van der Waals surface area contributed by atoms with Crippen LogP contribution in [-0.2, 0) is 22.9 Å². The maximum absolute atomic E-state index is 13.2.